The number of aryl methyl sites for hydroxylation is 2. The summed E-state index contributed by atoms with van der Waals surface area (Å²) in [7, 11) is 0. The van der Waals surface area contributed by atoms with E-state index in [0.29, 0.717) is 0 Å². The van der Waals surface area contributed by atoms with Crippen LogP contribution in [0.1, 0.15) is 11.1 Å². The second kappa shape index (κ2) is 5.49. The van der Waals surface area contributed by atoms with E-state index in [4.69, 9.17) is 0 Å². The Bertz CT molecular complexity index is 1530. The van der Waals surface area contributed by atoms with Crippen molar-refractivity contribution in [3.8, 4) is 11.1 Å². The molecule has 0 aliphatic rings. The smallest absolute Gasteiger partial charge is 0.0500 e. The maximum absolute atomic E-state index is 3.68. The van der Waals surface area contributed by atoms with Crippen LogP contribution in [0.25, 0.3) is 54.7 Å². The summed E-state index contributed by atoms with van der Waals surface area (Å²) < 4.78 is 0. The third-order valence-corrected chi connectivity index (χ3v) is 6.10. The molecule has 0 fully saturated rings. The van der Waals surface area contributed by atoms with Gasteiger partial charge in [-0.1, -0.05) is 60.7 Å². The number of rotatable bonds is 1. The van der Waals surface area contributed by atoms with Crippen molar-refractivity contribution >= 4 is 43.6 Å². The molecular weight excluding hydrogens is 340 g/mol. The molecule has 0 aliphatic heterocycles. The third kappa shape index (κ3) is 2.03. The number of benzene rings is 4. The van der Waals surface area contributed by atoms with Crippen molar-refractivity contribution < 1.29 is 0 Å². The number of aromatic nitrogens is 2. The van der Waals surface area contributed by atoms with E-state index in [2.05, 4.69) is 96.6 Å². The summed E-state index contributed by atoms with van der Waals surface area (Å²) in [5.74, 6) is 0. The summed E-state index contributed by atoms with van der Waals surface area (Å²) in [5, 5.41) is 5.16. The van der Waals surface area contributed by atoms with Crippen LogP contribution in [0, 0.1) is 13.8 Å². The topological polar surface area (TPSA) is 31.6 Å². The Morgan fingerprint density at radius 3 is 2.25 bits per heavy atom. The summed E-state index contributed by atoms with van der Waals surface area (Å²) in [6.07, 6.45) is 0. The molecule has 0 saturated heterocycles. The van der Waals surface area contributed by atoms with Gasteiger partial charge in [0.25, 0.3) is 0 Å². The molecule has 0 atom stereocenters. The lowest BCUT2D eigenvalue weighted by atomic mass is 9.97. The van der Waals surface area contributed by atoms with Gasteiger partial charge < -0.3 is 9.97 Å². The minimum atomic E-state index is 1.19. The van der Waals surface area contributed by atoms with Gasteiger partial charge in [-0.15, -0.1) is 0 Å². The van der Waals surface area contributed by atoms with Gasteiger partial charge in [0.15, 0.2) is 0 Å². The molecule has 0 spiro atoms. The van der Waals surface area contributed by atoms with Gasteiger partial charge >= 0.3 is 0 Å². The van der Waals surface area contributed by atoms with Crippen molar-refractivity contribution in [1.29, 1.82) is 0 Å². The third-order valence-electron chi connectivity index (χ3n) is 6.10. The van der Waals surface area contributed by atoms with Gasteiger partial charge in [-0.05, 0) is 48.2 Å². The van der Waals surface area contributed by atoms with Crippen molar-refractivity contribution in [2.45, 2.75) is 13.8 Å². The van der Waals surface area contributed by atoms with Gasteiger partial charge in [0.05, 0.1) is 5.52 Å². The molecule has 134 valence electrons. The maximum Gasteiger partial charge on any atom is 0.0500 e. The zero-order valence-corrected chi connectivity index (χ0v) is 15.9. The van der Waals surface area contributed by atoms with Gasteiger partial charge in [0.2, 0.25) is 0 Å². The lowest BCUT2D eigenvalue weighted by molar-refractivity contribution is 1.42. The van der Waals surface area contributed by atoms with E-state index < -0.39 is 0 Å². The number of nitrogens with one attached hydrogen (secondary N) is 2. The summed E-state index contributed by atoms with van der Waals surface area (Å²) >= 11 is 0. The highest BCUT2D eigenvalue weighted by molar-refractivity contribution is 6.11. The predicted molar refractivity (Wildman–Crippen MR) is 120 cm³/mol. The lowest BCUT2D eigenvalue weighted by Crippen LogP contribution is -1.85. The molecule has 2 aromatic heterocycles. The molecule has 0 aliphatic carbocycles. The molecule has 0 radical (unpaired) electrons. The van der Waals surface area contributed by atoms with Crippen molar-refractivity contribution in [1.82, 2.24) is 9.97 Å². The highest BCUT2D eigenvalue weighted by Gasteiger charge is 2.13. The number of para-hydroxylation sites is 2. The molecular formula is C26H20N2. The van der Waals surface area contributed by atoms with E-state index in [0.717, 1.165) is 0 Å². The molecule has 6 aromatic rings. The normalized spacial score (nSPS) is 11.9. The molecule has 6 rings (SSSR count). The molecule has 2 heteroatoms. The van der Waals surface area contributed by atoms with Gasteiger partial charge in [0, 0.05) is 38.1 Å². The number of hydrogen-bond acceptors (Lipinski definition) is 0. The van der Waals surface area contributed by atoms with E-state index in [9.17, 15) is 0 Å². The second-order valence-electron chi connectivity index (χ2n) is 7.71. The molecule has 0 unspecified atom stereocenters. The fraction of sp³-hybridized carbons (Fsp3) is 0.0769. The molecule has 2 nitrogen and oxygen atoms in total. The van der Waals surface area contributed by atoms with Crippen LogP contribution in [-0.4, -0.2) is 9.97 Å². The average Bonchev–Trinajstić information content (AvgIpc) is 3.27. The molecule has 2 heterocycles. The van der Waals surface area contributed by atoms with Crippen LogP contribution in [0.15, 0.2) is 72.8 Å². The fourth-order valence-corrected chi connectivity index (χ4v) is 4.62. The SMILES string of the molecule is Cc1cccc2c1[nH]c1c(C)c(-c3ccc4c(c3)[nH]c3ccccc34)ccc12. The second-order valence-corrected chi connectivity index (χ2v) is 7.71. The number of aromatic amines is 2. The first-order chi connectivity index (χ1) is 13.7. The fourth-order valence-electron chi connectivity index (χ4n) is 4.62. The monoisotopic (exact) mass is 360 g/mol. The van der Waals surface area contributed by atoms with E-state index >= 15 is 0 Å². The quantitative estimate of drug-likeness (QED) is 0.310. The Morgan fingerprint density at radius 1 is 0.571 bits per heavy atom. The highest BCUT2D eigenvalue weighted by Crippen LogP contribution is 2.36. The number of H-pyrrole nitrogens is 2. The molecule has 0 saturated carbocycles. The zero-order chi connectivity index (χ0) is 18.8. The minimum absolute atomic E-state index is 1.19. The first-order valence-corrected chi connectivity index (χ1v) is 9.72. The Hall–Kier alpha value is -3.52. The van der Waals surface area contributed by atoms with Crippen LogP contribution in [0.5, 0.6) is 0 Å². The first kappa shape index (κ1) is 15.5. The molecule has 0 amide bonds. The Labute approximate surface area is 162 Å². The molecule has 2 N–H and O–H groups in total. The average molecular weight is 360 g/mol. The number of fused-ring (bicyclic) bond motifs is 6. The number of hydrogen-bond donors (Lipinski definition) is 2. The lowest BCUT2D eigenvalue weighted by Gasteiger charge is -2.08. The van der Waals surface area contributed by atoms with Crippen LogP contribution in [0.3, 0.4) is 0 Å². The highest BCUT2D eigenvalue weighted by atomic mass is 14.7. The van der Waals surface area contributed by atoms with Gasteiger partial charge in [-0.25, -0.2) is 0 Å². The van der Waals surface area contributed by atoms with E-state index in [1.165, 1.54) is 65.9 Å². The summed E-state index contributed by atoms with van der Waals surface area (Å²) in [5.41, 5.74) is 9.95. The summed E-state index contributed by atoms with van der Waals surface area (Å²) in [6.45, 7) is 4.38. The molecule has 28 heavy (non-hydrogen) atoms. The Kier molecular flexibility index (Phi) is 3.05. The largest absolute Gasteiger partial charge is 0.354 e. The predicted octanol–water partition coefficient (Wildman–Crippen LogP) is 7.24. The van der Waals surface area contributed by atoms with E-state index in [-0.39, 0.29) is 0 Å². The van der Waals surface area contributed by atoms with Gasteiger partial charge in [-0.3, -0.25) is 0 Å². The van der Waals surface area contributed by atoms with Crippen LogP contribution in [0.2, 0.25) is 0 Å². The van der Waals surface area contributed by atoms with Gasteiger partial charge in [0.1, 0.15) is 0 Å². The van der Waals surface area contributed by atoms with Crippen LogP contribution < -0.4 is 0 Å². The summed E-state index contributed by atoms with van der Waals surface area (Å²) in [4.78, 5) is 7.24. The van der Waals surface area contributed by atoms with Crippen molar-refractivity contribution in [2.75, 3.05) is 0 Å². The Morgan fingerprint density at radius 2 is 1.32 bits per heavy atom. The maximum atomic E-state index is 3.68. The Balaban J connectivity index is 1.61. The molecule has 0 bridgehead atoms. The van der Waals surface area contributed by atoms with Crippen molar-refractivity contribution in [3.05, 3.63) is 83.9 Å². The van der Waals surface area contributed by atoms with Crippen molar-refractivity contribution in [2.24, 2.45) is 0 Å². The minimum Gasteiger partial charge on any atom is -0.354 e. The van der Waals surface area contributed by atoms with Crippen LogP contribution >= 0.6 is 0 Å². The standard InChI is InChI=1S/C26H20N2/c1-15-6-5-8-21-22-13-12-18(16(2)26(22)28-25(15)21)17-10-11-20-19-7-3-4-9-23(19)27-24(20)14-17/h3-14,27-28H,1-2H3. The van der Waals surface area contributed by atoms with Crippen molar-refractivity contribution in [3.63, 3.8) is 0 Å². The van der Waals surface area contributed by atoms with E-state index in [1.807, 2.05) is 0 Å². The van der Waals surface area contributed by atoms with Crippen LogP contribution in [-0.2, 0) is 0 Å². The first-order valence-electron chi connectivity index (χ1n) is 9.72. The van der Waals surface area contributed by atoms with E-state index in [1.54, 1.807) is 0 Å². The molecule has 4 aromatic carbocycles. The van der Waals surface area contributed by atoms with Gasteiger partial charge in [-0.2, -0.15) is 0 Å². The summed E-state index contributed by atoms with van der Waals surface area (Å²) in [6, 6.07) is 26.3. The van der Waals surface area contributed by atoms with Crippen LogP contribution in [0.4, 0.5) is 0 Å². The zero-order valence-electron chi connectivity index (χ0n) is 15.9.